The van der Waals surface area contributed by atoms with Crippen LogP contribution >= 0.6 is 0 Å². The molecule has 3 aliphatic rings. The fourth-order valence-electron chi connectivity index (χ4n) is 4.97. The van der Waals surface area contributed by atoms with E-state index in [1.54, 1.807) is 30.3 Å². The predicted molar refractivity (Wildman–Crippen MR) is 102 cm³/mol. The number of nitrogens with one attached hydrogen (secondary N) is 2. The molecule has 0 radical (unpaired) electrons. The number of hydrogen-bond acceptors (Lipinski definition) is 5. The molecule has 0 aliphatic carbocycles. The Hall–Kier alpha value is -3.19. The Kier molecular flexibility index (Phi) is 3.42. The molecular formula is C21H19N3O4. The summed E-state index contributed by atoms with van der Waals surface area (Å²) in [6.07, 6.45) is 0. The molecule has 2 N–H and O–H groups in total. The van der Waals surface area contributed by atoms with Crippen LogP contribution in [0.3, 0.4) is 0 Å². The Bertz CT molecular complexity index is 1040. The number of carbonyl (C=O) groups excluding carboxylic acids is 3. The van der Waals surface area contributed by atoms with Crippen molar-refractivity contribution in [2.75, 3.05) is 17.3 Å². The number of ether oxygens (including phenoxy) is 1. The summed E-state index contributed by atoms with van der Waals surface area (Å²) >= 11 is 0. The molecule has 0 bridgehead atoms. The fourth-order valence-corrected chi connectivity index (χ4v) is 4.97. The van der Waals surface area contributed by atoms with Gasteiger partial charge in [0.05, 0.1) is 24.6 Å². The van der Waals surface area contributed by atoms with Crippen LogP contribution in [0.1, 0.15) is 12.5 Å². The molecule has 4 atom stereocenters. The maximum absolute atomic E-state index is 13.6. The summed E-state index contributed by atoms with van der Waals surface area (Å²) in [6.45, 7) is 1.84. The van der Waals surface area contributed by atoms with Gasteiger partial charge in [0.1, 0.15) is 11.3 Å². The predicted octanol–water partition coefficient (Wildman–Crippen LogP) is 1.64. The van der Waals surface area contributed by atoms with Crippen LogP contribution in [-0.2, 0) is 19.9 Å². The summed E-state index contributed by atoms with van der Waals surface area (Å²) in [7, 11) is 1.50. The van der Waals surface area contributed by atoms with E-state index in [2.05, 4.69) is 10.6 Å². The minimum Gasteiger partial charge on any atom is -0.495 e. The standard InChI is InChI=1S/C21H19N3O4/c1-11-16-17(21(23-11)12-7-3-4-8-13(12)22-20(21)27)19(26)24(18(16)25)14-9-5-6-10-15(14)28-2/h3-11,16-17,23H,1-2H3,(H,22,27)/t11-,16-,17+,21+/m1/s1. The Morgan fingerprint density at radius 3 is 2.50 bits per heavy atom. The number of rotatable bonds is 2. The minimum atomic E-state index is -1.25. The zero-order valence-electron chi connectivity index (χ0n) is 15.4. The second kappa shape index (κ2) is 5.65. The molecule has 2 aromatic rings. The van der Waals surface area contributed by atoms with Gasteiger partial charge in [-0.3, -0.25) is 19.7 Å². The van der Waals surface area contributed by atoms with Crippen molar-refractivity contribution in [2.45, 2.75) is 18.5 Å². The van der Waals surface area contributed by atoms with E-state index in [4.69, 9.17) is 4.74 Å². The zero-order chi connectivity index (χ0) is 19.6. The highest BCUT2D eigenvalue weighted by Crippen LogP contribution is 2.53. The molecule has 0 aromatic heterocycles. The molecule has 2 fully saturated rings. The van der Waals surface area contributed by atoms with E-state index in [0.29, 0.717) is 22.7 Å². The topological polar surface area (TPSA) is 87.7 Å². The van der Waals surface area contributed by atoms with Gasteiger partial charge in [-0.2, -0.15) is 0 Å². The van der Waals surface area contributed by atoms with Crippen molar-refractivity contribution in [1.29, 1.82) is 0 Å². The number of carbonyl (C=O) groups is 3. The van der Waals surface area contributed by atoms with Crippen LogP contribution in [0.2, 0.25) is 0 Å². The smallest absolute Gasteiger partial charge is 0.250 e. The van der Waals surface area contributed by atoms with Gasteiger partial charge in [0, 0.05) is 17.3 Å². The molecule has 2 saturated heterocycles. The lowest BCUT2D eigenvalue weighted by atomic mass is 9.76. The molecular weight excluding hydrogens is 358 g/mol. The van der Waals surface area contributed by atoms with Crippen LogP contribution in [0.5, 0.6) is 5.75 Å². The van der Waals surface area contributed by atoms with Gasteiger partial charge >= 0.3 is 0 Å². The van der Waals surface area contributed by atoms with Gasteiger partial charge in [-0.1, -0.05) is 30.3 Å². The number of amides is 3. The van der Waals surface area contributed by atoms with E-state index < -0.39 is 17.4 Å². The molecule has 1 spiro atoms. The van der Waals surface area contributed by atoms with Crippen LogP contribution in [0.25, 0.3) is 0 Å². The van der Waals surface area contributed by atoms with E-state index in [1.165, 1.54) is 12.0 Å². The summed E-state index contributed by atoms with van der Waals surface area (Å²) in [5.74, 6) is -2.00. The zero-order valence-corrected chi connectivity index (χ0v) is 15.4. The third kappa shape index (κ3) is 1.89. The number of anilines is 2. The molecule has 0 saturated carbocycles. The van der Waals surface area contributed by atoms with E-state index >= 15 is 0 Å². The van der Waals surface area contributed by atoms with E-state index in [1.807, 2.05) is 25.1 Å². The lowest BCUT2D eigenvalue weighted by molar-refractivity contribution is -0.130. The van der Waals surface area contributed by atoms with Crippen molar-refractivity contribution in [1.82, 2.24) is 5.32 Å². The maximum atomic E-state index is 13.6. The second-order valence-corrected chi connectivity index (χ2v) is 7.43. The van der Waals surface area contributed by atoms with Crippen LogP contribution < -0.4 is 20.3 Å². The number of fused-ring (bicyclic) bond motifs is 4. The minimum absolute atomic E-state index is 0.295. The highest BCUT2D eigenvalue weighted by atomic mass is 16.5. The Balaban J connectivity index is 1.68. The van der Waals surface area contributed by atoms with E-state index in [9.17, 15) is 14.4 Å². The molecule has 5 rings (SSSR count). The number of benzene rings is 2. The largest absolute Gasteiger partial charge is 0.495 e. The van der Waals surface area contributed by atoms with Gasteiger partial charge < -0.3 is 10.1 Å². The maximum Gasteiger partial charge on any atom is 0.250 e. The number of para-hydroxylation sites is 3. The first-order valence-corrected chi connectivity index (χ1v) is 9.20. The summed E-state index contributed by atoms with van der Waals surface area (Å²) in [5, 5.41) is 6.15. The summed E-state index contributed by atoms with van der Waals surface area (Å²) in [4.78, 5) is 41.1. The Morgan fingerprint density at radius 2 is 1.71 bits per heavy atom. The van der Waals surface area contributed by atoms with E-state index in [0.717, 1.165) is 0 Å². The lowest BCUT2D eigenvalue weighted by Crippen LogP contribution is -2.53. The van der Waals surface area contributed by atoms with Crippen molar-refractivity contribution >= 4 is 29.1 Å². The van der Waals surface area contributed by atoms with Crippen LogP contribution in [0.4, 0.5) is 11.4 Å². The molecule has 7 nitrogen and oxygen atoms in total. The number of nitrogens with zero attached hydrogens (tertiary/aromatic N) is 1. The van der Waals surface area contributed by atoms with Crippen molar-refractivity contribution in [3.05, 3.63) is 54.1 Å². The normalized spacial score (nSPS) is 30.6. The second-order valence-electron chi connectivity index (χ2n) is 7.43. The van der Waals surface area contributed by atoms with Gasteiger partial charge in [0.2, 0.25) is 17.7 Å². The Morgan fingerprint density at radius 1 is 1.00 bits per heavy atom. The van der Waals surface area contributed by atoms with Crippen molar-refractivity contribution < 1.29 is 19.1 Å². The van der Waals surface area contributed by atoms with Gasteiger partial charge in [0.15, 0.2) is 0 Å². The quantitative estimate of drug-likeness (QED) is 0.777. The molecule has 3 amide bonds. The molecule has 28 heavy (non-hydrogen) atoms. The highest BCUT2D eigenvalue weighted by Gasteiger charge is 2.70. The summed E-state index contributed by atoms with van der Waals surface area (Å²) < 4.78 is 5.36. The monoisotopic (exact) mass is 377 g/mol. The molecule has 142 valence electrons. The van der Waals surface area contributed by atoms with Gasteiger partial charge in [-0.05, 0) is 25.1 Å². The van der Waals surface area contributed by atoms with Crippen molar-refractivity contribution in [3.8, 4) is 5.75 Å². The van der Waals surface area contributed by atoms with Gasteiger partial charge in [-0.25, -0.2) is 4.90 Å². The molecule has 7 heteroatoms. The average molecular weight is 377 g/mol. The first-order valence-electron chi connectivity index (χ1n) is 9.20. The third-order valence-electron chi connectivity index (χ3n) is 6.10. The van der Waals surface area contributed by atoms with Crippen LogP contribution in [0, 0.1) is 11.8 Å². The van der Waals surface area contributed by atoms with Crippen LogP contribution in [-0.4, -0.2) is 30.9 Å². The van der Waals surface area contributed by atoms with Crippen molar-refractivity contribution in [2.24, 2.45) is 11.8 Å². The molecule has 2 aromatic carbocycles. The highest BCUT2D eigenvalue weighted by molar-refractivity contribution is 6.26. The number of hydrogen-bond donors (Lipinski definition) is 2. The lowest BCUT2D eigenvalue weighted by Gasteiger charge is -2.29. The van der Waals surface area contributed by atoms with Crippen molar-refractivity contribution in [3.63, 3.8) is 0 Å². The number of imide groups is 1. The average Bonchev–Trinajstić information content (AvgIpc) is 3.26. The third-order valence-corrected chi connectivity index (χ3v) is 6.10. The number of methoxy groups -OCH3 is 1. The van der Waals surface area contributed by atoms with Crippen LogP contribution in [0.15, 0.2) is 48.5 Å². The van der Waals surface area contributed by atoms with Gasteiger partial charge in [-0.15, -0.1) is 0 Å². The molecule has 3 heterocycles. The fraction of sp³-hybridized carbons (Fsp3) is 0.286. The first kappa shape index (κ1) is 16.9. The summed E-state index contributed by atoms with van der Waals surface area (Å²) in [6, 6.07) is 13.9. The van der Waals surface area contributed by atoms with E-state index in [-0.39, 0.29) is 23.8 Å². The molecule has 0 unspecified atom stereocenters. The van der Waals surface area contributed by atoms with Gasteiger partial charge in [0.25, 0.3) is 0 Å². The molecule has 3 aliphatic heterocycles. The SMILES string of the molecule is COc1ccccc1N1C(=O)[C@H]2[C@@H](C1=O)[C@]1(N[C@@H]2C)C(=O)Nc2ccccc21. The summed E-state index contributed by atoms with van der Waals surface area (Å²) in [5.41, 5.74) is 0.541. The first-order chi connectivity index (χ1) is 13.5. The Labute approximate surface area is 161 Å².